The van der Waals surface area contributed by atoms with Crippen LogP contribution < -0.4 is 5.32 Å². The molecule has 94 valence electrons. The van der Waals surface area contributed by atoms with Crippen molar-refractivity contribution in [1.29, 1.82) is 0 Å². The predicted molar refractivity (Wildman–Crippen MR) is 72.2 cm³/mol. The first-order valence-corrected chi connectivity index (χ1v) is 5.79. The second kappa shape index (κ2) is 5.83. The number of benzene rings is 2. The fourth-order valence-electron chi connectivity index (χ4n) is 1.56. The maximum absolute atomic E-state index is 13.8. The minimum absolute atomic E-state index is 0.275. The van der Waals surface area contributed by atoms with Crippen molar-refractivity contribution in [1.82, 2.24) is 5.32 Å². The molecule has 0 spiro atoms. The van der Waals surface area contributed by atoms with E-state index in [2.05, 4.69) is 17.2 Å². The molecule has 0 aliphatic carbocycles. The van der Waals surface area contributed by atoms with E-state index in [1.807, 2.05) is 30.3 Å². The standard InChI is InChI=1S/C16H12FNO/c1-18-16(19)14-10-9-13(15(17)11-14)8-7-12-5-3-2-4-6-12/h2-6,9-11H,1H3,(H,18,19). The lowest BCUT2D eigenvalue weighted by atomic mass is 10.1. The molecule has 1 amide bonds. The molecule has 0 unspecified atom stereocenters. The van der Waals surface area contributed by atoms with Crippen molar-refractivity contribution in [2.75, 3.05) is 7.05 Å². The molecule has 2 aromatic carbocycles. The van der Waals surface area contributed by atoms with Gasteiger partial charge < -0.3 is 5.32 Å². The van der Waals surface area contributed by atoms with Crippen LogP contribution in [0.15, 0.2) is 48.5 Å². The van der Waals surface area contributed by atoms with E-state index in [0.717, 1.165) is 5.56 Å². The number of nitrogens with one attached hydrogen (secondary N) is 1. The maximum Gasteiger partial charge on any atom is 0.251 e. The average Bonchev–Trinajstić information content (AvgIpc) is 2.46. The summed E-state index contributed by atoms with van der Waals surface area (Å²) in [5.74, 6) is 4.82. The molecule has 0 saturated carbocycles. The molecule has 19 heavy (non-hydrogen) atoms. The average molecular weight is 253 g/mol. The van der Waals surface area contributed by atoms with E-state index >= 15 is 0 Å². The number of carbonyl (C=O) groups excluding carboxylic acids is 1. The maximum atomic E-state index is 13.8. The third-order valence-corrected chi connectivity index (χ3v) is 2.57. The monoisotopic (exact) mass is 253 g/mol. The Labute approximate surface area is 111 Å². The highest BCUT2D eigenvalue weighted by molar-refractivity contribution is 5.94. The first-order valence-electron chi connectivity index (χ1n) is 5.79. The number of rotatable bonds is 1. The van der Waals surface area contributed by atoms with Gasteiger partial charge >= 0.3 is 0 Å². The molecule has 0 atom stereocenters. The van der Waals surface area contributed by atoms with E-state index in [-0.39, 0.29) is 17.0 Å². The lowest BCUT2D eigenvalue weighted by molar-refractivity contribution is 0.0962. The summed E-state index contributed by atoms with van der Waals surface area (Å²) in [6.45, 7) is 0. The number of amides is 1. The Morgan fingerprint density at radius 2 is 1.84 bits per heavy atom. The Morgan fingerprint density at radius 1 is 1.11 bits per heavy atom. The van der Waals surface area contributed by atoms with Gasteiger partial charge in [0.25, 0.3) is 5.91 Å². The quantitative estimate of drug-likeness (QED) is 0.778. The molecular weight excluding hydrogens is 241 g/mol. The molecular formula is C16H12FNO. The summed E-state index contributed by atoms with van der Waals surface area (Å²) in [5.41, 5.74) is 1.37. The smallest absolute Gasteiger partial charge is 0.251 e. The Bertz CT molecular complexity index is 653. The highest BCUT2D eigenvalue weighted by atomic mass is 19.1. The van der Waals surface area contributed by atoms with E-state index in [4.69, 9.17) is 0 Å². The van der Waals surface area contributed by atoms with E-state index in [1.165, 1.54) is 19.2 Å². The molecule has 0 aliphatic rings. The lowest BCUT2D eigenvalue weighted by Crippen LogP contribution is -2.17. The van der Waals surface area contributed by atoms with E-state index in [1.54, 1.807) is 6.07 Å². The van der Waals surface area contributed by atoms with Gasteiger partial charge in [0.15, 0.2) is 0 Å². The minimum atomic E-state index is -0.496. The van der Waals surface area contributed by atoms with Crippen molar-refractivity contribution in [2.45, 2.75) is 0 Å². The Balaban J connectivity index is 2.28. The van der Waals surface area contributed by atoms with Crippen LogP contribution in [-0.4, -0.2) is 13.0 Å². The molecule has 0 bridgehead atoms. The zero-order valence-corrected chi connectivity index (χ0v) is 10.4. The predicted octanol–water partition coefficient (Wildman–Crippen LogP) is 2.59. The third-order valence-electron chi connectivity index (χ3n) is 2.57. The van der Waals surface area contributed by atoms with Crippen molar-refractivity contribution in [3.8, 4) is 11.8 Å². The zero-order valence-electron chi connectivity index (χ0n) is 10.4. The van der Waals surface area contributed by atoms with Gasteiger partial charge in [0.1, 0.15) is 5.82 Å². The summed E-state index contributed by atoms with van der Waals surface area (Å²) in [7, 11) is 1.50. The molecule has 3 heteroatoms. The van der Waals surface area contributed by atoms with Crippen LogP contribution in [0.1, 0.15) is 21.5 Å². The molecule has 0 aliphatic heterocycles. The van der Waals surface area contributed by atoms with Gasteiger partial charge in [-0.3, -0.25) is 4.79 Å². The van der Waals surface area contributed by atoms with Gasteiger partial charge in [0.05, 0.1) is 5.56 Å². The summed E-state index contributed by atoms with van der Waals surface area (Å²) < 4.78 is 13.8. The number of carbonyl (C=O) groups is 1. The van der Waals surface area contributed by atoms with Crippen LogP contribution in [0.25, 0.3) is 0 Å². The summed E-state index contributed by atoms with van der Waals surface area (Å²) >= 11 is 0. The summed E-state index contributed by atoms with van der Waals surface area (Å²) in [4.78, 5) is 11.3. The number of halogens is 1. The Hall–Kier alpha value is -2.60. The highest BCUT2D eigenvalue weighted by Gasteiger charge is 2.06. The Morgan fingerprint density at radius 3 is 2.47 bits per heavy atom. The fourth-order valence-corrected chi connectivity index (χ4v) is 1.56. The molecule has 0 saturated heterocycles. The van der Waals surface area contributed by atoms with Gasteiger partial charge in [0.2, 0.25) is 0 Å². The second-order valence-corrected chi connectivity index (χ2v) is 3.89. The van der Waals surface area contributed by atoms with Crippen molar-refractivity contribution >= 4 is 5.91 Å². The van der Waals surface area contributed by atoms with Crippen molar-refractivity contribution in [2.24, 2.45) is 0 Å². The fraction of sp³-hybridized carbons (Fsp3) is 0.0625. The number of hydrogen-bond acceptors (Lipinski definition) is 1. The van der Waals surface area contributed by atoms with E-state index in [9.17, 15) is 9.18 Å². The molecule has 0 radical (unpaired) electrons. The molecule has 2 aromatic rings. The SMILES string of the molecule is CNC(=O)c1ccc(C#Cc2ccccc2)c(F)c1. The topological polar surface area (TPSA) is 29.1 Å². The van der Waals surface area contributed by atoms with Crippen LogP contribution in [0.5, 0.6) is 0 Å². The van der Waals surface area contributed by atoms with Crippen LogP contribution >= 0.6 is 0 Å². The summed E-state index contributed by atoms with van der Waals surface area (Å²) in [6.07, 6.45) is 0. The van der Waals surface area contributed by atoms with Crippen LogP contribution in [0.4, 0.5) is 4.39 Å². The molecule has 2 nitrogen and oxygen atoms in total. The van der Waals surface area contributed by atoms with Gasteiger partial charge in [0, 0.05) is 18.2 Å². The van der Waals surface area contributed by atoms with E-state index in [0.29, 0.717) is 0 Å². The molecule has 0 fully saturated rings. The van der Waals surface area contributed by atoms with Gasteiger partial charge in [-0.05, 0) is 30.3 Å². The lowest BCUT2D eigenvalue weighted by Gasteiger charge is -2.00. The van der Waals surface area contributed by atoms with Gasteiger partial charge in [-0.2, -0.15) is 0 Å². The molecule has 2 rings (SSSR count). The van der Waals surface area contributed by atoms with Crippen molar-refractivity contribution < 1.29 is 9.18 Å². The first kappa shape index (κ1) is 12.8. The largest absolute Gasteiger partial charge is 0.355 e. The van der Waals surface area contributed by atoms with Crippen LogP contribution in [0.2, 0.25) is 0 Å². The van der Waals surface area contributed by atoms with Crippen molar-refractivity contribution in [3.05, 3.63) is 71.0 Å². The van der Waals surface area contributed by atoms with Crippen LogP contribution in [0.3, 0.4) is 0 Å². The molecule has 0 heterocycles. The van der Waals surface area contributed by atoms with Crippen LogP contribution in [-0.2, 0) is 0 Å². The summed E-state index contributed by atoms with van der Waals surface area (Å²) in [6, 6.07) is 13.6. The summed E-state index contributed by atoms with van der Waals surface area (Å²) in [5, 5.41) is 2.44. The minimum Gasteiger partial charge on any atom is -0.355 e. The van der Waals surface area contributed by atoms with Crippen molar-refractivity contribution in [3.63, 3.8) is 0 Å². The van der Waals surface area contributed by atoms with Gasteiger partial charge in [-0.25, -0.2) is 4.39 Å². The van der Waals surface area contributed by atoms with Gasteiger partial charge in [-0.1, -0.05) is 30.0 Å². The number of hydrogen-bond donors (Lipinski definition) is 1. The third kappa shape index (κ3) is 3.20. The van der Waals surface area contributed by atoms with Crippen LogP contribution in [0, 0.1) is 17.7 Å². The zero-order chi connectivity index (χ0) is 13.7. The molecule has 0 aromatic heterocycles. The first-order chi connectivity index (χ1) is 9.20. The normalized spacial score (nSPS) is 9.37. The Kier molecular flexibility index (Phi) is 3.94. The highest BCUT2D eigenvalue weighted by Crippen LogP contribution is 2.09. The second-order valence-electron chi connectivity index (χ2n) is 3.89. The van der Waals surface area contributed by atoms with E-state index < -0.39 is 5.82 Å². The van der Waals surface area contributed by atoms with Gasteiger partial charge in [-0.15, -0.1) is 0 Å². The molecule has 1 N–H and O–H groups in total.